The number of benzene rings is 1. The van der Waals surface area contributed by atoms with E-state index in [2.05, 4.69) is 22.6 Å². The zero-order valence-electron chi connectivity index (χ0n) is 7.87. The molecule has 0 fully saturated rings. The number of fused-ring (bicyclic) bond motifs is 1. The molecule has 1 aromatic heterocycles. The van der Waals surface area contributed by atoms with E-state index >= 15 is 0 Å². The Morgan fingerprint density at radius 2 is 2.27 bits per heavy atom. The molecule has 0 aliphatic carbocycles. The van der Waals surface area contributed by atoms with Gasteiger partial charge < -0.3 is 4.42 Å². The number of hydrogen-bond donors (Lipinski definition) is 0. The molecule has 0 aliphatic rings. The first-order valence-corrected chi connectivity index (χ1v) is 5.65. The zero-order chi connectivity index (χ0) is 10.8. The van der Waals surface area contributed by atoms with Gasteiger partial charge in [-0.2, -0.15) is 0 Å². The summed E-state index contributed by atoms with van der Waals surface area (Å²) in [4.78, 5) is 11.4. The summed E-state index contributed by atoms with van der Waals surface area (Å²) in [6, 6.07) is 5.51. The highest BCUT2D eigenvalue weighted by atomic mass is 127. The fourth-order valence-corrected chi connectivity index (χ4v) is 1.93. The maximum absolute atomic E-state index is 12.0. The lowest BCUT2D eigenvalue weighted by atomic mass is 10.3. The first-order valence-electron chi connectivity index (χ1n) is 4.57. The van der Waals surface area contributed by atoms with Crippen molar-refractivity contribution < 1.29 is 8.81 Å². The van der Waals surface area contributed by atoms with Crippen LogP contribution in [-0.2, 0) is 6.54 Å². The van der Waals surface area contributed by atoms with Crippen molar-refractivity contribution in [2.45, 2.75) is 13.0 Å². The molecule has 80 valence electrons. The van der Waals surface area contributed by atoms with Crippen LogP contribution >= 0.6 is 22.6 Å². The van der Waals surface area contributed by atoms with Gasteiger partial charge in [-0.15, -0.1) is 0 Å². The molecular formula is C10H9FINO2. The lowest BCUT2D eigenvalue weighted by Gasteiger charge is -1.98. The van der Waals surface area contributed by atoms with Crippen molar-refractivity contribution in [1.29, 1.82) is 0 Å². The molecule has 2 rings (SSSR count). The highest BCUT2D eigenvalue weighted by molar-refractivity contribution is 14.1. The van der Waals surface area contributed by atoms with E-state index in [1.54, 1.807) is 6.07 Å². The second-order valence-corrected chi connectivity index (χ2v) is 4.42. The van der Waals surface area contributed by atoms with E-state index in [4.69, 9.17) is 4.42 Å². The third-order valence-corrected chi connectivity index (χ3v) is 2.82. The molecule has 1 heterocycles. The van der Waals surface area contributed by atoms with Crippen molar-refractivity contribution in [3.8, 4) is 0 Å². The van der Waals surface area contributed by atoms with E-state index in [0.717, 1.165) is 9.09 Å². The predicted molar refractivity (Wildman–Crippen MR) is 63.8 cm³/mol. The van der Waals surface area contributed by atoms with E-state index < -0.39 is 12.4 Å². The van der Waals surface area contributed by atoms with E-state index in [1.807, 2.05) is 12.1 Å². The fourth-order valence-electron chi connectivity index (χ4n) is 1.47. The summed E-state index contributed by atoms with van der Waals surface area (Å²) in [7, 11) is 0. The fraction of sp³-hybridized carbons (Fsp3) is 0.300. The van der Waals surface area contributed by atoms with Gasteiger partial charge in [0.1, 0.15) is 0 Å². The van der Waals surface area contributed by atoms with Gasteiger partial charge in [-0.1, -0.05) is 0 Å². The van der Waals surface area contributed by atoms with Crippen LogP contribution in [-0.4, -0.2) is 11.2 Å². The average Bonchev–Trinajstić information content (AvgIpc) is 2.50. The van der Waals surface area contributed by atoms with Gasteiger partial charge in [0, 0.05) is 10.1 Å². The second-order valence-electron chi connectivity index (χ2n) is 3.17. The van der Waals surface area contributed by atoms with E-state index in [0.29, 0.717) is 18.5 Å². The van der Waals surface area contributed by atoms with Crippen molar-refractivity contribution in [3.63, 3.8) is 0 Å². The summed E-state index contributed by atoms with van der Waals surface area (Å²) in [5, 5.41) is 0. The Labute approximate surface area is 99.0 Å². The third-order valence-electron chi connectivity index (χ3n) is 2.15. The molecule has 2 aromatic rings. The Hall–Kier alpha value is -0.850. The molecule has 1 aromatic carbocycles. The van der Waals surface area contributed by atoms with Crippen LogP contribution in [0.5, 0.6) is 0 Å². The number of nitrogens with zero attached hydrogens (tertiary/aromatic N) is 1. The molecule has 0 aliphatic heterocycles. The summed E-state index contributed by atoms with van der Waals surface area (Å²) in [5.74, 6) is -0.416. The SMILES string of the molecule is O=c1oc2cc(I)ccc2n1CCCF. The quantitative estimate of drug-likeness (QED) is 0.815. The average molecular weight is 321 g/mol. The van der Waals surface area contributed by atoms with Gasteiger partial charge in [0.2, 0.25) is 0 Å². The number of aryl methyl sites for hydroxylation is 1. The maximum Gasteiger partial charge on any atom is 0.419 e. The Bertz CT molecular complexity index is 532. The smallest absolute Gasteiger partial charge is 0.408 e. The first-order chi connectivity index (χ1) is 7.22. The van der Waals surface area contributed by atoms with E-state index in [9.17, 15) is 9.18 Å². The van der Waals surface area contributed by atoms with Crippen LogP contribution in [0.3, 0.4) is 0 Å². The Kier molecular flexibility index (Phi) is 3.08. The number of hydrogen-bond acceptors (Lipinski definition) is 2. The van der Waals surface area contributed by atoms with Crippen LogP contribution in [0.25, 0.3) is 11.1 Å². The number of alkyl halides is 1. The van der Waals surface area contributed by atoms with Crippen LogP contribution in [0, 0.1) is 3.57 Å². The summed E-state index contributed by atoms with van der Waals surface area (Å²) in [6.07, 6.45) is 0.334. The van der Waals surface area contributed by atoms with Crippen molar-refractivity contribution in [2.24, 2.45) is 0 Å². The van der Waals surface area contributed by atoms with Crippen molar-refractivity contribution in [1.82, 2.24) is 4.57 Å². The first kappa shape index (κ1) is 10.7. The van der Waals surface area contributed by atoms with Crippen molar-refractivity contribution in [3.05, 3.63) is 32.3 Å². The molecule has 0 saturated carbocycles. The number of aromatic nitrogens is 1. The number of oxazole rings is 1. The lowest BCUT2D eigenvalue weighted by Crippen LogP contribution is -2.14. The largest absolute Gasteiger partial charge is 0.419 e. The van der Waals surface area contributed by atoms with Gasteiger partial charge in [0.05, 0.1) is 12.2 Å². The van der Waals surface area contributed by atoms with Gasteiger partial charge in [0.25, 0.3) is 0 Å². The molecule has 15 heavy (non-hydrogen) atoms. The molecular weight excluding hydrogens is 312 g/mol. The van der Waals surface area contributed by atoms with Gasteiger partial charge in [-0.25, -0.2) is 4.79 Å². The van der Waals surface area contributed by atoms with Crippen LogP contribution in [0.2, 0.25) is 0 Å². The van der Waals surface area contributed by atoms with Crippen LogP contribution in [0.4, 0.5) is 4.39 Å². The van der Waals surface area contributed by atoms with E-state index in [-0.39, 0.29) is 0 Å². The monoisotopic (exact) mass is 321 g/mol. The van der Waals surface area contributed by atoms with E-state index in [1.165, 1.54) is 4.57 Å². The van der Waals surface area contributed by atoms with Gasteiger partial charge in [-0.3, -0.25) is 8.96 Å². The molecule has 3 nitrogen and oxygen atoms in total. The zero-order valence-corrected chi connectivity index (χ0v) is 10.0. The highest BCUT2D eigenvalue weighted by Gasteiger charge is 2.08. The van der Waals surface area contributed by atoms with Crippen LogP contribution < -0.4 is 5.76 Å². The molecule has 0 bridgehead atoms. The van der Waals surface area contributed by atoms with Gasteiger partial charge in [0.15, 0.2) is 5.58 Å². The Morgan fingerprint density at radius 1 is 1.47 bits per heavy atom. The van der Waals surface area contributed by atoms with Gasteiger partial charge in [-0.05, 0) is 47.2 Å². The van der Waals surface area contributed by atoms with Crippen LogP contribution in [0.15, 0.2) is 27.4 Å². The topological polar surface area (TPSA) is 35.1 Å². The molecule has 0 unspecified atom stereocenters. The summed E-state index contributed by atoms with van der Waals surface area (Å²) in [6.45, 7) is -0.0631. The summed E-state index contributed by atoms with van der Waals surface area (Å²) < 4.78 is 19.6. The maximum atomic E-state index is 12.0. The third kappa shape index (κ3) is 2.06. The van der Waals surface area contributed by atoms with Crippen molar-refractivity contribution >= 4 is 33.7 Å². The minimum Gasteiger partial charge on any atom is -0.408 e. The lowest BCUT2D eigenvalue weighted by molar-refractivity contribution is 0.431. The Morgan fingerprint density at radius 3 is 3.00 bits per heavy atom. The molecule has 0 atom stereocenters. The molecule has 0 N–H and O–H groups in total. The minimum absolute atomic E-state index is 0.334. The molecule has 0 saturated heterocycles. The number of rotatable bonds is 3. The predicted octanol–water partition coefficient (Wildman–Crippen LogP) is 2.56. The number of halogens is 2. The molecule has 5 heteroatoms. The van der Waals surface area contributed by atoms with Crippen LogP contribution in [0.1, 0.15) is 6.42 Å². The second kappa shape index (κ2) is 4.34. The van der Waals surface area contributed by atoms with Gasteiger partial charge >= 0.3 is 5.76 Å². The highest BCUT2D eigenvalue weighted by Crippen LogP contribution is 2.16. The summed E-state index contributed by atoms with van der Waals surface area (Å²) >= 11 is 2.15. The Balaban J connectivity index is 2.53. The molecule has 0 amide bonds. The standard InChI is InChI=1S/C10H9FINO2/c11-4-1-5-13-8-3-2-7(12)6-9(8)15-10(13)14/h2-3,6H,1,4-5H2. The molecule has 0 spiro atoms. The molecule has 0 radical (unpaired) electrons. The van der Waals surface area contributed by atoms with Crippen molar-refractivity contribution in [2.75, 3.05) is 6.67 Å². The summed E-state index contributed by atoms with van der Waals surface area (Å²) in [5.41, 5.74) is 1.29. The minimum atomic E-state index is -0.427. The normalized spacial score (nSPS) is 11.1.